The number of amides is 1. The van der Waals surface area contributed by atoms with Crippen LogP contribution in [0, 0.1) is 22.0 Å². The van der Waals surface area contributed by atoms with E-state index in [1.165, 1.54) is 40.5 Å². The Morgan fingerprint density at radius 2 is 1.74 bits per heavy atom. The van der Waals surface area contributed by atoms with E-state index in [1.54, 1.807) is 36.4 Å². The van der Waals surface area contributed by atoms with E-state index in [4.69, 9.17) is 11.6 Å². The molecular weight excluding hydrogens is 540 g/mol. The summed E-state index contributed by atoms with van der Waals surface area (Å²) in [6.45, 7) is 0. The smallest absolute Gasteiger partial charge is 0.327 e. The maximum absolute atomic E-state index is 14.3. The highest BCUT2D eigenvalue weighted by molar-refractivity contribution is 7.10. The summed E-state index contributed by atoms with van der Waals surface area (Å²) in [5.74, 6) is -4.12. The number of rotatable bonds is 7. The van der Waals surface area contributed by atoms with Gasteiger partial charge in [-0.2, -0.15) is 0 Å². The molecule has 0 bridgehead atoms. The number of Topliss-reactive ketones (excluding diaryl/α,β-unsaturated/α-hetero) is 1. The van der Waals surface area contributed by atoms with Gasteiger partial charge >= 0.3 is 5.97 Å². The molecule has 1 saturated carbocycles. The van der Waals surface area contributed by atoms with Crippen LogP contribution in [0.2, 0.25) is 5.02 Å². The lowest BCUT2D eigenvalue weighted by molar-refractivity contribution is -0.385. The minimum Gasteiger partial charge on any atom is -0.480 e. The number of halogens is 1. The molecule has 3 aromatic rings. The molecule has 0 radical (unpaired) electrons. The second-order valence-electron chi connectivity index (χ2n) is 10.1. The first-order valence-electron chi connectivity index (χ1n) is 12.9. The molecule has 5 rings (SSSR count). The molecule has 1 saturated heterocycles. The number of hydrogen-bond acceptors (Lipinski definition) is 6. The molecule has 1 aliphatic carbocycles. The third-order valence-corrected chi connectivity index (χ3v) is 9.04. The lowest BCUT2D eigenvalue weighted by Gasteiger charge is -2.34. The molecule has 2 aliphatic rings. The van der Waals surface area contributed by atoms with Crippen molar-refractivity contribution in [1.29, 1.82) is 0 Å². The van der Waals surface area contributed by atoms with Crippen molar-refractivity contribution >= 4 is 46.3 Å². The number of nitrogens with zero attached hydrogens (tertiary/aromatic N) is 2. The maximum atomic E-state index is 14.3. The van der Waals surface area contributed by atoms with Crippen molar-refractivity contribution in [2.45, 2.75) is 50.1 Å². The Labute approximate surface area is 234 Å². The number of non-ortho nitro benzene ring substituents is 1. The molecule has 4 atom stereocenters. The Balaban J connectivity index is 1.74. The fraction of sp³-hybridized carbons (Fsp3) is 0.345. The number of carbonyl (C=O) groups is 3. The molecule has 1 N–H and O–H groups in total. The number of benzene rings is 2. The highest BCUT2D eigenvalue weighted by Crippen LogP contribution is 2.53. The first-order chi connectivity index (χ1) is 18.8. The van der Waals surface area contributed by atoms with Gasteiger partial charge in [-0.05, 0) is 42.0 Å². The van der Waals surface area contributed by atoms with Gasteiger partial charge in [0.2, 0.25) is 5.91 Å². The van der Waals surface area contributed by atoms with E-state index >= 15 is 0 Å². The van der Waals surface area contributed by atoms with Crippen LogP contribution in [0.3, 0.4) is 0 Å². The van der Waals surface area contributed by atoms with E-state index in [2.05, 4.69) is 0 Å². The second kappa shape index (κ2) is 11.3. The second-order valence-corrected chi connectivity index (χ2v) is 11.5. The van der Waals surface area contributed by atoms with E-state index in [9.17, 15) is 29.6 Å². The van der Waals surface area contributed by atoms with Crippen molar-refractivity contribution < 1.29 is 24.4 Å². The van der Waals surface area contributed by atoms with Crippen molar-refractivity contribution in [2.24, 2.45) is 11.8 Å². The van der Waals surface area contributed by atoms with Crippen molar-refractivity contribution in [3.05, 3.63) is 97.2 Å². The molecule has 1 aliphatic heterocycles. The van der Waals surface area contributed by atoms with Gasteiger partial charge in [-0.15, -0.1) is 11.3 Å². The summed E-state index contributed by atoms with van der Waals surface area (Å²) in [7, 11) is 0. The number of carboxylic acid groups (broad SMARTS) is 1. The fourth-order valence-electron chi connectivity index (χ4n) is 6.16. The molecule has 2 aromatic carbocycles. The average molecular weight is 567 g/mol. The van der Waals surface area contributed by atoms with E-state index in [1.807, 2.05) is 5.38 Å². The zero-order valence-corrected chi connectivity index (χ0v) is 22.5. The van der Waals surface area contributed by atoms with Gasteiger partial charge in [0, 0.05) is 39.4 Å². The Bertz CT molecular complexity index is 1400. The monoisotopic (exact) mass is 566 g/mol. The topological polar surface area (TPSA) is 118 Å². The lowest BCUT2D eigenvalue weighted by atomic mass is 9.78. The molecule has 0 spiro atoms. The molecule has 202 valence electrons. The minimum atomic E-state index is -1.32. The molecule has 8 nitrogen and oxygen atoms in total. The predicted molar refractivity (Wildman–Crippen MR) is 147 cm³/mol. The number of aliphatic carboxylic acids is 1. The van der Waals surface area contributed by atoms with Crippen LogP contribution in [0.4, 0.5) is 5.69 Å². The number of hydrogen-bond donors (Lipinski definition) is 1. The standard InChI is InChI=1S/C29H27ClN2O6S/c30-20-11-4-10-19(15-20)27(33)24-23(22-13-6-14-39-22)26(29(35)36)31(28(34)17-7-2-1-3-8-17)25(24)18-9-5-12-21(16-18)32(37)38/h4-6,9-17,23-26H,1-3,7-8H2,(H,35,36). The summed E-state index contributed by atoms with van der Waals surface area (Å²) >= 11 is 7.54. The van der Waals surface area contributed by atoms with Crippen molar-refractivity contribution in [1.82, 2.24) is 4.90 Å². The lowest BCUT2D eigenvalue weighted by Crippen LogP contribution is -2.46. The average Bonchev–Trinajstić information content (AvgIpc) is 3.59. The van der Waals surface area contributed by atoms with Gasteiger partial charge in [-0.3, -0.25) is 19.7 Å². The minimum absolute atomic E-state index is 0.196. The molecule has 1 amide bonds. The number of nitro benzene ring substituents is 1. The maximum Gasteiger partial charge on any atom is 0.327 e. The Morgan fingerprint density at radius 3 is 2.38 bits per heavy atom. The molecule has 10 heteroatoms. The molecule has 4 unspecified atom stereocenters. The Kier molecular flexibility index (Phi) is 7.81. The number of carboxylic acids is 1. The van der Waals surface area contributed by atoms with Gasteiger partial charge in [-0.25, -0.2) is 4.79 Å². The highest BCUT2D eigenvalue weighted by atomic mass is 35.5. The molecule has 2 heterocycles. The Hall–Kier alpha value is -3.56. The van der Waals surface area contributed by atoms with Crippen LogP contribution in [-0.4, -0.2) is 38.6 Å². The third kappa shape index (κ3) is 5.21. The van der Waals surface area contributed by atoms with Crippen LogP contribution in [0.5, 0.6) is 0 Å². The summed E-state index contributed by atoms with van der Waals surface area (Å²) in [6, 6.07) is 13.5. The van der Waals surface area contributed by atoms with Crippen LogP contribution >= 0.6 is 22.9 Å². The van der Waals surface area contributed by atoms with Crippen LogP contribution in [0.15, 0.2) is 66.0 Å². The van der Waals surface area contributed by atoms with Crippen molar-refractivity contribution in [3.8, 4) is 0 Å². The zero-order chi connectivity index (χ0) is 27.7. The number of likely N-dealkylation sites (tertiary alicyclic amines) is 1. The molecule has 39 heavy (non-hydrogen) atoms. The first kappa shape index (κ1) is 27.0. The normalized spacial score (nSPS) is 23.5. The molecule has 2 fully saturated rings. The SMILES string of the molecule is O=C(c1cccc(Cl)c1)C1C(c2cccs2)C(C(=O)O)N(C(=O)C2CCCCC2)C1c1cccc([N+](=O)[O-])c1. The summed E-state index contributed by atoms with van der Waals surface area (Å²) in [5.41, 5.74) is 0.456. The quantitative estimate of drug-likeness (QED) is 0.198. The van der Waals surface area contributed by atoms with Crippen LogP contribution < -0.4 is 0 Å². The van der Waals surface area contributed by atoms with Crippen molar-refractivity contribution in [3.63, 3.8) is 0 Å². The van der Waals surface area contributed by atoms with Crippen LogP contribution in [0.1, 0.15) is 64.9 Å². The van der Waals surface area contributed by atoms with Crippen molar-refractivity contribution in [2.75, 3.05) is 0 Å². The van der Waals surface area contributed by atoms with E-state index in [-0.39, 0.29) is 23.3 Å². The summed E-state index contributed by atoms with van der Waals surface area (Å²) < 4.78 is 0. The van der Waals surface area contributed by atoms with Crippen LogP contribution in [-0.2, 0) is 9.59 Å². The van der Waals surface area contributed by atoms with Gasteiger partial charge in [0.15, 0.2) is 5.78 Å². The third-order valence-electron chi connectivity index (χ3n) is 7.83. The van der Waals surface area contributed by atoms with Gasteiger partial charge in [0.25, 0.3) is 5.69 Å². The summed E-state index contributed by atoms with van der Waals surface area (Å²) in [4.78, 5) is 54.6. The molecular formula is C29H27ClN2O6S. The first-order valence-corrected chi connectivity index (χ1v) is 14.2. The van der Waals surface area contributed by atoms with Gasteiger partial charge < -0.3 is 10.0 Å². The Morgan fingerprint density at radius 1 is 1.00 bits per heavy atom. The zero-order valence-electron chi connectivity index (χ0n) is 20.9. The highest BCUT2D eigenvalue weighted by Gasteiger charge is 2.58. The largest absolute Gasteiger partial charge is 0.480 e. The van der Waals surface area contributed by atoms with E-state index in [0.717, 1.165) is 19.3 Å². The van der Waals surface area contributed by atoms with E-state index in [0.29, 0.717) is 33.9 Å². The van der Waals surface area contributed by atoms with Gasteiger partial charge in [0.05, 0.1) is 16.9 Å². The number of nitro groups is 1. The molecule has 1 aromatic heterocycles. The summed E-state index contributed by atoms with van der Waals surface area (Å²) in [5, 5.41) is 24.4. The van der Waals surface area contributed by atoms with Gasteiger partial charge in [0.1, 0.15) is 6.04 Å². The number of thiophene rings is 1. The number of ketones is 1. The predicted octanol–water partition coefficient (Wildman–Crippen LogP) is 6.51. The van der Waals surface area contributed by atoms with Crippen LogP contribution in [0.25, 0.3) is 0 Å². The fourth-order valence-corrected chi connectivity index (χ4v) is 7.26. The van der Waals surface area contributed by atoms with E-state index < -0.39 is 34.8 Å². The van der Waals surface area contributed by atoms with Gasteiger partial charge in [-0.1, -0.05) is 61.2 Å². The summed E-state index contributed by atoms with van der Waals surface area (Å²) in [6.07, 6.45) is 4.01. The number of carbonyl (C=O) groups excluding carboxylic acids is 2.